The van der Waals surface area contributed by atoms with Crippen molar-refractivity contribution in [3.63, 3.8) is 0 Å². The lowest BCUT2D eigenvalue weighted by Crippen LogP contribution is -2.32. The van der Waals surface area contributed by atoms with Crippen LogP contribution in [0.2, 0.25) is 0 Å². The van der Waals surface area contributed by atoms with Gasteiger partial charge in [-0.05, 0) is 74.7 Å². The van der Waals surface area contributed by atoms with E-state index in [1.807, 2.05) is 18.2 Å². The van der Waals surface area contributed by atoms with Gasteiger partial charge in [0.25, 0.3) is 5.91 Å². The normalized spacial score (nSPS) is 15.6. The molecule has 1 aliphatic heterocycles. The van der Waals surface area contributed by atoms with Gasteiger partial charge in [0.1, 0.15) is 17.2 Å². The molecule has 2 aromatic carbocycles. The number of fused-ring (bicyclic) bond motifs is 1. The first-order chi connectivity index (χ1) is 10.4. The number of aryl methyl sites for hydroxylation is 1. The minimum atomic E-state index is -0.356. The minimum absolute atomic E-state index is 0.147. The molecule has 1 N–H and O–H groups in total. The second-order valence-electron chi connectivity index (χ2n) is 6.15. The van der Waals surface area contributed by atoms with E-state index in [0.717, 1.165) is 29.8 Å². The predicted octanol–water partition coefficient (Wildman–Crippen LogP) is 4.18. The third kappa shape index (κ3) is 3.11. The number of ether oxygens (including phenoxy) is 1. The van der Waals surface area contributed by atoms with Gasteiger partial charge in [0.2, 0.25) is 0 Å². The van der Waals surface area contributed by atoms with E-state index in [-0.39, 0.29) is 17.3 Å². The van der Waals surface area contributed by atoms with Gasteiger partial charge in [-0.2, -0.15) is 0 Å². The Hall–Kier alpha value is -2.36. The fourth-order valence-electron chi connectivity index (χ4n) is 2.54. The van der Waals surface area contributed by atoms with E-state index in [0.29, 0.717) is 5.56 Å². The Kier molecular flexibility index (Phi) is 3.61. The fraction of sp³-hybridized carbons (Fsp3) is 0.278. The summed E-state index contributed by atoms with van der Waals surface area (Å²) in [5.41, 5.74) is 2.09. The van der Waals surface area contributed by atoms with Crippen molar-refractivity contribution in [2.24, 2.45) is 0 Å². The molecule has 3 nitrogen and oxygen atoms in total. The lowest BCUT2D eigenvalue weighted by molar-refractivity contribution is 0.0847. The summed E-state index contributed by atoms with van der Waals surface area (Å²) in [6.45, 7) is 4.14. The maximum atomic E-state index is 12.9. The van der Waals surface area contributed by atoms with E-state index in [1.54, 1.807) is 0 Å². The van der Waals surface area contributed by atoms with Crippen LogP contribution < -0.4 is 10.1 Å². The largest absolute Gasteiger partial charge is 0.488 e. The Labute approximate surface area is 129 Å². The molecule has 3 rings (SSSR count). The molecule has 0 atom stereocenters. The monoisotopic (exact) mass is 299 g/mol. The Morgan fingerprint density at radius 1 is 1.18 bits per heavy atom. The van der Waals surface area contributed by atoms with Crippen LogP contribution in [0.15, 0.2) is 42.5 Å². The van der Waals surface area contributed by atoms with Gasteiger partial charge in [-0.25, -0.2) is 4.39 Å². The summed E-state index contributed by atoms with van der Waals surface area (Å²) in [5.74, 6) is 0.262. The van der Waals surface area contributed by atoms with Crippen molar-refractivity contribution < 1.29 is 13.9 Å². The molecule has 0 radical (unpaired) electrons. The summed E-state index contributed by atoms with van der Waals surface area (Å²) in [5, 5.41) is 2.83. The molecule has 22 heavy (non-hydrogen) atoms. The van der Waals surface area contributed by atoms with Crippen LogP contribution in [0.1, 0.15) is 36.2 Å². The standard InChI is InChI=1S/C18H18FNO2/c1-18(2)10-9-13-11-15(7-8-16(13)22-18)20-17(21)12-3-5-14(19)6-4-12/h3-8,11H,9-10H2,1-2H3,(H,20,21). The number of hydrogen-bond donors (Lipinski definition) is 1. The van der Waals surface area contributed by atoms with Crippen molar-refractivity contribution in [2.75, 3.05) is 5.32 Å². The van der Waals surface area contributed by atoms with Crippen LogP contribution in [0.5, 0.6) is 5.75 Å². The maximum absolute atomic E-state index is 12.9. The number of hydrogen-bond acceptors (Lipinski definition) is 2. The predicted molar refractivity (Wildman–Crippen MR) is 83.8 cm³/mol. The zero-order valence-electron chi connectivity index (χ0n) is 12.7. The van der Waals surface area contributed by atoms with Crippen molar-refractivity contribution in [3.8, 4) is 5.75 Å². The Balaban J connectivity index is 1.76. The highest BCUT2D eigenvalue weighted by Crippen LogP contribution is 2.34. The van der Waals surface area contributed by atoms with Crippen molar-refractivity contribution in [1.29, 1.82) is 0 Å². The summed E-state index contributed by atoms with van der Waals surface area (Å²) >= 11 is 0. The number of benzene rings is 2. The second kappa shape index (κ2) is 5.44. The van der Waals surface area contributed by atoms with Crippen LogP contribution >= 0.6 is 0 Å². The van der Waals surface area contributed by atoms with Crippen molar-refractivity contribution >= 4 is 11.6 Å². The lowest BCUT2D eigenvalue weighted by Gasteiger charge is -2.32. The van der Waals surface area contributed by atoms with E-state index in [9.17, 15) is 9.18 Å². The molecule has 0 bridgehead atoms. The first-order valence-corrected chi connectivity index (χ1v) is 7.32. The maximum Gasteiger partial charge on any atom is 0.255 e. The summed E-state index contributed by atoms with van der Waals surface area (Å²) in [4.78, 5) is 12.1. The SMILES string of the molecule is CC1(C)CCc2cc(NC(=O)c3ccc(F)cc3)ccc2O1. The molecule has 114 valence electrons. The lowest BCUT2D eigenvalue weighted by atomic mass is 9.94. The van der Waals surface area contributed by atoms with Crippen LogP contribution in [-0.4, -0.2) is 11.5 Å². The highest BCUT2D eigenvalue weighted by molar-refractivity contribution is 6.04. The fourth-order valence-corrected chi connectivity index (χ4v) is 2.54. The van der Waals surface area contributed by atoms with Gasteiger partial charge in [-0.1, -0.05) is 0 Å². The van der Waals surface area contributed by atoms with Crippen LogP contribution in [-0.2, 0) is 6.42 Å². The van der Waals surface area contributed by atoms with Crippen LogP contribution in [0.25, 0.3) is 0 Å². The van der Waals surface area contributed by atoms with Crippen LogP contribution in [0.3, 0.4) is 0 Å². The molecule has 1 aliphatic rings. The molecule has 2 aromatic rings. The zero-order valence-corrected chi connectivity index (χ0v) is 12.7. The zero-order chi connectivity index (χ0) is 15.7. The molecule has 0 spiro atoms. The average molecular weight is 299 g/mol. The van der Waals surface area contributed by atoms with Gasteiger partial charge in [-0.3, -0.25) is 4.79 Å². The van der Waals surface area contributed by atoms with E-state index in [4.69, 9.17) is 4.74 Å². The summed E-state index contributed by atoms with van der Waals surface area (Å²) in [6, 6.07) is 11.1. The second-order valence-corrected chi connectivity index (χ2v) is 6.15. The molecule has 0 aromatic heterocycles. The molecule has 0 unspecified atom stereocenters. The topological polar surface area (TPSA) is 38.3 Å². The molecule has 4 heteroatoms. The number of amides is 1. The molecule has 1 heterocycles. The number of carbonyl (C=O) groups is 1. The third-order valence-electron chi connectivity index (χ3n) is 3.81. The third-order valence-corrected chi connectivity index (χ3v) is 3.81. The highest BCUT2D eigenvalue weighted by atomic mass is 19.1. The number of anilines is 1. The van der Waals surface area contributed by atoms with Gasteiger partial charge in [0.15, 0.2) is 0 Å². The van der Waals surface area contributed by atoms with Crippen LogP contribution in [0.4, 0.5) is 10.1 Å². The van der Waals surface area contributed by atoms with E-state index in [1.165, 1.54) is 24.3 Å². The molecule has 0 saturated heterocycles. The van der Waals surface area contributed by atoms with Gasteiger partial charge >= 0.3 is 0 Å². The molecular weight excluding hydrogens is 281 g/mol. The molecule has 1 amide bonds. The summed E-state index contributed by atoms with van der Waals surface area (Å²) in [7, 11) is 0. The average Bonchev–Trinajstić information content (AvgIpc) is 2.47. The molecule has 0 aliphatic carbocycles. The quantitative estimate of drug-likeness (QED) is 0.903. The summed E-state index contributed by atoms with van der Waals surface area (Å²) in [6.07, 6.45) is 1.86. The van der Waals surface area contributed by atoms with Crippen molar-refractivity contribution in [2.45, 2.75) is 32.3 Å². The number of nitrogens with one attached hydrogen (secondary N) is 1. The Morgan fingerprint density at radius 3 is 2.64 bits per heavy atom. The number of halogens is 1. The number of rotatable bonds is 2. The molecule has 0 fully saturated rings. The highest BCUT2D eigenvalue weighted by Gasteiger charge is 2.26. The van der Waals surface area contributed by atoms with E-state index >= 15 is 0 Å². The first-order valence-electron chi connectivity index (χ1n) is 7.32. The van der Waals surface area contributed by atoms with E-state index in [2.05, 4.69) is 19.2 Å². The van der Waals surface area contributed by atoms with E-state index < -0.39 is 0 Å². The molecule has 0 saturated carbocycles. The smallest absolute Gasteiger partial charge is 0.255 e. The number of carbonyl (C=O) groups excluding carboxylic acids is 1. The summed E-state index contributed by atoms with van der Waals surface area (Å²) < 4.78 is 18.8. The van der Waals surface area contributed by atoms with Gasteiger partial charge in [0.05, 0.1) is 0 Å². The van der Waals surface area contributed by atoms with Gasteiger partial charge in [0, 0.05) is 11.3 Å². The minimum Gasteiger partial charge on any atom is -0.488 e. The van der Waals surface area contributed by atoms with Gasteiger partial charge < -0.3 is 10.1 Å². The first kappa shape index (κ1) is 14.6. The van der Waals surface area contributed by atoms with Crippen molar-refractivity contribution in [3.05, 3.63) is 59.4 Å². The Morgan fingerprint density at radius 2 is 1.91 bits per heavy atom. The van der Waals surface area contributed by atoms with Crippen molar-refractivity contribution in [1.82, 2.24) is 0 Å². The Bertz CT molecular complexity index is 708. The molecular formula is C18H18FNO2. The van der Waals surface area contributed by atoms with Crippen LogP contribution in [0, 0.1) is 5.82 Å². The van der Waals surface area contributed by atoms with Gasteiger partial charge in [-0.15, -0.1) is 0 Å².